The van der Waals surface area contributed by atoms with Crippen LogP contribution in [0.3, 0.4) is 0 Å². The van der Waals surface area contributed by atoms with Crippen molar-refractivity contribution in [1.82, 2.24) is 15.0 Å². The zero-order valence-corrected chi connectivity index (χ0v) is 30.1. The number of ether oxygens (including phenoxy) is 3. The third-order valence-electron chi connectivity index (χ3n) is 8.36. The first-order valence-corrected chi connectivity index (χ1v) is 17.1. The summed E-state index contributed by atoms with van der Waals surface area (Å²) >= 11 is 0.971. The Hall–Kier alpha value is -3.49. The van der Waals surface area contributed by atoms with E-state index >= 15 is 4.39 Å². The molecule has 0 radical (unpaired) electrons. The molecule has 2 aliphatic rings. The summed E-state index contributed by atoms with van der Waals surface area (Å²) in [7, 11) is 4.48. The number of anilines is 2. The zero-order chi connectivity index (χ0) is 34.2. The number of nitriles is 1. The van der Waals surface area contributed by atoms with Gasteiger partial charge in [-0.1, -0.05) is 34.1 Å². The minimum atomic E-state index is -0.746. The Balaban J connectivity index is 0.000000807. The maximum absolute atomic E-state index is 15.2. The molecule has 1 N–H and O–H groups in total. The van der Waals surface area contributed by atoms with Gasteiger partial charge in [0.15, 0.2) is 5.82 Å². The SMILES string of the molecule is CCC(C)C.CO[C@H]1CN(c2ncc3c4c(c(-c5ncc(F)c6sc(NC(=O)OC(C)(C)C)c(C#N)c56)c(P)c3n2)COC4)C[C@H]1C. The normalized spacial score (nSPS) is 17.5. The van der Waals surface area contributed by atoms with Gasteiger partial charge in [-0.15, -0.1) is 20.6 Å². The molecule has 3 aromatic heterocycles. The summed E-state index contributed by atoms with van der Waals surface area (Å²) in [5, 5.41) is 15.0. The quantitative estimate of drug-likeness (QED) is 0.216. The van der Waals surface area contributed by atoms with E-state index in [1.165, 1.54) is 6.42 Å². The van der Waals surface area contributed by atoms with E-state index in [2.05, 4.69) is 58.2 Å². The van der Waals surface area contributed by atoms with Gasteiger partial charge in [-0.2, -0.15) is 5.26 Å². The third kappa shape index (κ3) is 7.05. The van der Waals surface area contributed by atoms with Gasteiger partial charge < -0.3 is 19.1 Å². The number of hydrogen-bond donors (Lipinski definition) is 1. The lowest BCUT2D eigenvalue weighted by atomic mass is 9.94. The highest BCUT2D eigenvalue weighted by Crippen LogP contribution is 2.44. The smallest absolute Gasteiger partial charge is 0.412 e. The Labute approximate surface area is 281 Å². The lowest BCUT2D eigenvalue weighted by molar-refractivity contribution is 0.0636. The van der Waals surface area contributed by atoms with Gasteiger partial charge >= 0.3 is 6.09 Å². The summed E-state index contributed by atoms with van der Waals surface area (Å²) in [6.45, 7) is 16.1. The van der Waals surface area contributed by atoms with Gasteiger partial charge in [0.25, 0.3) is 0 Å². The number of methoxy groups -OCH3 is 1. The van der Waals surface area contributed by atoms with Crippen molar-refractivity contribution in [2.45, 2.75) is 79.8 Å². The zero-order valence-electron chi connectivity index (χ0n) is 28.2. The summed E-state index contributed by atoms with van der Waals surface area (Å²) in [5.74, 6) is 1.22. The van der Waals surface area contributed by atoms with Gasteiger partial charge in [0.1, 0.15) is 16.7 Å². The van der Waals surface area contributed by atoms with E-state index in [1.807, 2.05) is 6.20 Å². The molecular weight excluding hydrogens is 638 g/mol. The fraction of sp³-hybridized carbons (Fsp3) is 0.500. The minimum absolute atomic E-state index is 0.0897. The van der Waals surface area contributed by atoms with Crippen LogP contribution in [-0.2, 0) is 27.4 Å². The fourth-order valence-electron chi connectivity index (χ4n) is 5.65. The van der Waals surface area contributed by atoms with Crippen molar-refractivity contribution in [3.63, 3.8) is 0 Å². The van der Waals surface area contributed by atoms with Gasteiger partial charge in [0.2, 0.25) is 5.95 Å². The van der Waals surface area contributed by atoms with E-state index in [1.54, 1.807) is 27.9 Å². The standard InChI is InChI=1S/C29H30FN6O4PS.C5H12/c1-13-9-36(10-19(13)38-5)27-33-7-15-16-11-39-12-17(16)20(24(41)22(15)34-27)23-21-14(6-31)26(35-28(37)40-29(2,3)4)42-25(21)18(30)8-32-23;1-4-5(2)3/h7-8,13,19H,9-12,41H2,1-5H3,(H,35,37);5H,4H2,1-3H3/t13-,19+;/m1./s1. The Morgan fingerprint density at radius 1 is 1.26 bits per heavy atom. The molecule has 3 atom stereocenters. The number of halogens is 1. The summed E-state index contributed by atoms with van der Waals surface area (Å²) in [5.41, 5.74) is 3.01. The molecule has 1 fully saturated rings. The largest absolute Gasteiger partial charge is 0.444 e. The average Bonchev–Trinajstić information content (AvgIpc) is 3.74. The second kappa shape index (κ2) is 13.9. The number of carbonyl (C=O) groups excluding carboxylic acids is 1. The molecule has 4 aromatic rings. The predicted octanol–water partition coefficient (Wildman–Crippen LogP) is 7.32. The molecule has 1 saturated heterocycles. The maximum atomic E-state index is 15.2. The van der Waals surface area contributed by atoms with Crippen LogP contribution in [0.5, 0.6) is 0 Å². The number of amides is 1. The number of aromatic nitrogens is 3. The summed E-state index contributed by atoms with van der Waals surface area (Å²) in [6.07, 6.45) is 3.63. The lowest BCUT2D eigenvalue weighted by Crippen LogP contribution is -2.27. The van der Waals surface area contributed by atoms with E-state index < -0.39 is 17.5 Å². The minimum Gasteiger partial charge on any atom is -0.444 e. The first-order chi connectivity index (χ1) is 22.3. The summed E-state index contributed by atoms with van der Waals surface area (Å²) in [4.78, 5) is 28.9. The van der Waals surface area contributed by atoms with E-state index in [9.17, 15) is 10.1 Å². The second-order valence-electron chi connectivity index (χ2n) is 13.3. The first-order valence-electron chi connectivity index (χ1n) is 15.7. The highest BCUT2D eigenvalue weighted by Gasteiger charge is 2.33. The summed E-state index contributed by atoms with van der Waals surface area (Å²) < 4.78 is 32.3. The highest BCUT2D eigenvalue weighted by molar-refractivity contribution is 7.29. The molecule has 47 heavy (non-hydrogen) atoms. The predicted molar refractivity (Wildman–Crippen MR) is 188 cm³/mol. The second-order valence-corrected chi connectivity index (χ2v) is 14.9. The van der Waals surface area contributed by atoms with Crippen molar-refractivity contribution in [1.29, 1.82) is 5.26 Å². The number of nitrogens with zero attached hydrogens (tertiary/aromatic N) is 5. The van der Waals surface area contributed by atoms with Crippen molar-refractivity contribution in [3.05, 3.63) is 34.9 Å². The molecule has 10 nitrogen and oxygen atoms in total. The van der Waals surface area contributed by atoms with Crippen LogP contribution in [0.1, 0.15) is 71.6 Å². The number of thiophene rings is 1. The lowest BCUT2D eigenvalue weighted by Gasteiger charge is -2.19. The number of nitrogens with one attached hydrogen (secondary N) is 1. The molecule has 5 heterocycles. The fourth-order valence-corrected chi connectivity index (χ4v) is 7.22. The monoisotopic (exact) mass is 680 g/mol. The van der Waals surface area contributed by atoms with Crippen LogP contribution in [0.4, 0.5) is 20.1 Å². The highest BCUT2D eigenvalue weighted by atomic mass is 32.1. The van der Waals surface area contributed by atoms with Crippen LogP contribution >= 0.6 is 20.6 Å². The van der Waals surface area contributed by atoms with E-state index in [-0.39, 0.29) is 21.4 Å². The molecule has 13 heteroatoms. The maximum Gasteiger partial charge on any atom is 0.412 e. The van der Waals surface area contributed by atoms with Gasteiger partial charge in [0, 0.05) is 54.0 Å². The number of carbonyl (C=O) groups is 1. The molecule has 1 aromatic carbocycles. The van der Waals surface area contributed by atoms with Crippen molar-refractivity contribution < 1.29 is 23.4 Å². The van der Waals surface area contributed by atoms with Crippen molar-refractivity contribution in [2.24, 2.45) is 11.8 Å². The number of pyridine rings is 1. The number of benzene rings is 1. The molecule has 250 valence electrons. The number of fused-ring (bicyclic) bond motifs is 4. The van der Waals surface area contributed by atoms with E-state index in [0.717, 1.165) is 51.8 Å². The molecule has 0 spiro atoms. The first kappa shape index (κ1) is 34.8. The van der Waals surface area contributed by atoms with Crippen LogP contribution in [0.15, 0.2) is 12.4 Å². The van der Waals surface area contributed by atoms with E-state index in [0.29, 0.717) is 53.8 Å². The van der Waals surface area contributed by atoms with Gasteiger partial charge in [-0.3, -0.25) is 10.3 Å². The Morgan fingerprint density at radius 3 is 2.57 bits per heavy atom. The Morgan fingerprint density at radius 2 is 1.96 bits per heavy atom. The van der Waals surface area contributed by atoms with Crippen LogP contribution in [0.2, 0.25) is 0 Å². The Bertz CT molecular complexity index is 1870. The van der Waals surface area contributed by atoms with Crippen molar-refractivity contribution in [2.75, 3.05) is 30.4 Å². The molecule has 1 amide bonds. The molecular formula is C34H42FN6O4PS. The van der Waals surface area contributed by atoms with Crippen molar-refractivity contribution in [3.8, 4) is 17.3 Å². The molecule has 0 saturated carbocycles. The Kier molecular flexibility index (Phi) is 10.3. The molecule has 6 rings (SSSR count). The van der Waals surface area contributed by atoms with Crippen LogP contribution in [0, 0.1) is 29.0 Å². The average molecular weight is 681 g/mol. The van der Waals surface area contributed by atoms with Gasteiger partial charge in [-0.05, 0) is 37.8 Å². The topological polar surface area (TPSA) is 122 Å². The summed E-state index contributed by atoms with van der Waals surface area (Å²) in [6, 6.07) is 2.16. The van der Waals surface area contributed by atoms with Crippen LogP contribution in [0.25, 0.3) is 32.2 Å². The number of rotatable bonds is 5. The van der Waals surface area contributed by atoms with Crippen LogP contribution in [-0.4, -0.2) is 52.9 Å². The van der Waals surface area contributed by atoms with Gasteiger partial charge in [-0.25, -0.2) is 19.2 Å². The molecule has 0 bridgehead atoms. The van der Waals surface area contributed by atoms with Crippen molar-refractivity contribution >= 4 is 63.9 Å². The molecule has 1 unspecified atom stereocenters. The number of hydrogen-bond acceptors (Lipinski definition) is 10. The third-order valence-corrected chi connectivity index (χ3v) is 10.0. The van der Waals surface area contributed by atoms with Crippen LogP contribution < -0.4 is 15.5 Å². The molecule has 0 aliphatic carbocycles. The van der Waals surface area contributed by atoms with Gasteiger partial charge in [0.05, 0.1) is 47.0 Å². The van der Waals surface area contributed by atoms with E-state index in [4.69, 9.17) is 24.2 Å². The molecule has 2 aliphatic heterocycles.